The van der Waals surface area contributed by atoms with E-state index in [9.17, 15) is 0 Å². The number of aryl methyl sites for hydroxylation is 1. The highest BCUT2D eigenvalue weighted by molar-refractivity contribution is 6.32. The summed E-state index contributed by atoms with van der Waals surface area (Å²) >= 11 is 6.07. The van der Waals surface area contributed by atoms with Crippen molar-refractivity contribution in [2.24, 2.45) is 0 Å². The van der Waals surface area contributed by atoms with E-state index in [4.69, 9.17) is 21.1 Å². The van der Waals surface area contributed by atoms with Crippen molar-refractivity contribution in [3.05, 3.63) is 46.7 Å². The average molecular weight is 293 g/mol. The zero-order valence-electron chi connectivity index (χ0n) is 11.7. The number of methoxy groups -OCH3 is 2. The maximum atomic E-state index is 6.07. The highest BCUT2D eigenvalue weighted by Gasteiger charge is 2.09. The monoisotopic (exact) mass is 292 g/mol. The fourth-order valence-electron chi connectivity index (χ4n) is 1.79. The van der Waals surface area contributed by atoms with Crippen molar-refractivity contribution in [3.63, 3.8) is 0 Å². The molecule has 0 spiro atoms. The molecule has 5 heteroatoms. The lowest BCUT2D eigenvalue weighted by Gasteiger charge is -2.13. The van der Waals surface area contributed by atoms with Crippen LogP contribution in [-0.2, 0) is 6.54 Å². The number of ether oxygens (including phenoxy) is 2. The van der Waals surface area contributed by atoms with Gasteiger partial charge in [0.05, 0.1) is 37.2 Å². The smallest absolute Gasteiger partial charge is 0.143 e. The maximum absolute atomic E-state index is 6.07. The Morgan fingerprint density at radius 2 is 1.90 bits per heavy atom. The molecule has 20 heavy (non-hydrogen) atoms. The van der Waals surface area contributed by atoms with E-state index in [1.54, 1.807) is 20.3 Å². The van der Waals surface area contributed by atoms with E-state index in [2.05, 4.69) is 10.3 Å². The summed E-state index contributed by atoms with van der Waals surface area (Å²) in [5.41, 5.74) is 2.90. The molecule has 0 saturated heterocycles. The third kappa shape index (κ3) is 3.33. The molecule has 0 fully saturated rings. The number of hydrogen-bond donors (Lipinski definition) is 1. The molecule has 0 unspecified atom stereocenters. The van der Waals surface area contributed by atoms with Crippen LogP contribution < -0.4 is 14.8 Å². The van der Waals surface area contributed by atoms with Gasteiger partial charge in [-0.25, -0.2) is 0 Å². The quantitative estimate of drug-likeness (QED) is 0.913. The van der Waals surface area contributed by atoms with Gasteiger partial charge in [0.1, 0.15) is 11.5 Å². The molecule has 0 amide bonds. The van der Waals surface area contributed by atoms with Gasteiger partial charge in [0.2, 0.25) is 0 Å². The van der Waals surface area contributed by atoms with Gasteiger partial charge in [0.15, 0.2) is 0 Å². The number of rotatable bonds is 5. The van der Waals surface area contributed by atoms with Crippen LogP contribution in [0, 0.1) is 6.92 Å². The van der Waals surface area contributed by atoms with Crippen LogP contribution in [0.2, 0.25) is 5.02 Å². The van der Waals surface area contributed by atoms with E-state index in [0.29, 0.717) is 23.1 Å². The predicted molar refractivity (Wildman–Crippen MR) is 80.9 cm³/mol. The summed E-state index contributed by atoms with van der Waals surface area (Å²) in [7, 11) is 3.19. The Kier molecular flexibility index (Phi) is 4.69. The molecule has 0 saturated carbocycles. The van der Waals surface area contributed by atoms with E-state index in [0.717, 1.165) is 16.9 Å². The van der Waals surface area contributed by atoms with Crippen molar-refractivity contribution in [2.75, 3.05) is 19.5 Å². The van der Waals surface area contributed by atoms with Crippen LogP contribution in [0.5, 0.6) is 11.5 Å². The lowest BCUT2D eigenvalue weighted by molar-refractivity contribution is 0.404. The highest BCUT2D eigenvalue weighted by Crippen LogP contribution is 2.35. The first-order chi connectivity index (χ1) is 9.63. The molecule has 2 rings (SSSR count). The lowest BCUT2D eigenvalue weighted by Crippen LogP contribution is -2.03. The summed E-state index contributed by atoms with van der Waals surface area (Å²) in [4.78, 5) is 4.35. The number of pyridine rings is 1. The third-order valence-electron chi connectivity index (χ3n) is 2.91. The fraction of sp³-hybridized carbons (Fsp3) is 0.267. The van der Waals surface area contributed by atoms with Crippen LogP contribution in [0.4, 0.5) is 5.69 Å². The van der Waals surface area contributed by atoms with Crippen molar-refractivity contribution in [3.8, 4) is 11.5 Å². The second-order valence-electron chi connectivity index (χ2n) is 4.37. The van der Waals surface area contributed by atoms with Gasteiger partial charge < -0.3 is 14.8 Å². The van der Waals surface area contributed by atoms with Gasteiger partial charge in [-0.05, 0) is 18.6 Å². The number of anilines is 1. The third-order valence-corrected chi connectivity index (χ3v) is 3.20. The standard InChI is InChI=1S/C15H17ClN2O2/c1-10-4-5-11(17-8-10)9-18-13-7-14(19-2)12(16)6-15(13)20-3/h4-8,18H,9H2,1-3H3. The number of hydrogen-bond acceptors (Lipinski definition) is 4. The van der Waals surface area contributed by atoms with E-state index < -0.39 is 0 Å². The Morgan fingerprint density at radius 1 is 1.15 bits per heavy atom. The molecule has 0 radical (unpaired) electrons. The number of nitrogens with zero attached hydrogens (tertiary/aromatic N) is 1. The molecule has 4 nitrogen and oxygen atoms in total. The topological polar surface area (TPSA) is 43.4 Å². The zero-order chi connectivity index (χ0) is 14.5. The van der Waals surface area contributed by atoms with Gasteiger partial charge in [-0.15, -0.1) is 0 Å². The molecule has 106 valence electrons. The number of aromatic nitrogens is 1. The molecule has 0 atom stereocenters. The maximum Gasteiger partial charge on any atom is 0.143 e. The molecular weight excluding hydrogens is 276 g/mol. The average Bonchev–Trinajstić information content (AvgIpc) is 2.47. The van der Waals surface area contributed by atoms with Crippen molar-refractivity contribution in [2.45, 2.75) is 13.5 Å². The molecule has 2 aromatic rings. The van der Waals surface area contributed by atoms with E-state index >= 15 is 0 Å². The predicted octanol–water partition coefficient (Wildman–Crippen LogP) is 3.67. The largest absolute Gasteiger partial charge is 0.495 e. The minimum atomic E-state index is 0.517. The molecule has 0 aliphatic carbocycles. The Balaban J connectivity index is 2.17. The summed E-state index contributed by atoms with van der Waals surface area (Å²) < 4.78 is 10.5. The van der Waals surface area contributed by atoms with Crippen LogP contribution in [-0.4, -0.2) is 19.2 Å². The summed E-state index contributed by atoms with van der Waals surface area (Å²) in [5.74, 6) is 1.27. The van der Waals surface area contributed by atoms with E-state index in [1.165, 1.54) is 0 Å². The first-order valence-corrected chi connectivity index (χ1v) is 6.58. The molecule has 0 bridgehead atoms. The molecular formula is C15H17ClN2O2. The Morgan fingerprint density at radius 3 is 2.50 bits per heavy atom. The summed E-state index contributed by atoms with van der Waals surface area (Å²) in [6.07, 6.45) is 1.84. The van der Waals surface area contributed by atoms with Crippen LogP contribution >= 0.6 is 11.6 Å². The summed E-state index contributed by atoms with van der Waals surface area (Å²) in [6, 6.07) is 7.56. The zero-order valence-corrected chi connectivity index (χ0v) is 12.5. The minimum Gasteiger partial charge on any atom is -0.495 e. The Hall–Kier alpha value is -1.94. The number of halogens is 1. The lowest BCUT2D eigenvalue weighted by atomic mass is 10.2. The van der Waals surface area contributed by atoms with Gasteiger partial charge in [-0.1, -0.05) is 17.7 Å². The van der Waals surface area contributed by atoms with Gasteiger partial charge >= 0.3 is 0 Å². The van der Waals surface area contributed by atoms with E-state index in [-0.39, 0.29) is 0 Å². The van der Waals surface area contributed by atoms with Crippen molar-refractivity contribution in [1.29, 1.82) is 0 Å². The SMILES string of the molecule is COc1cc(NCc2ccc(C)cn2)c(OC)cc1Cl. The first-order valence-electron chi connectivity index (χ1n) is 6.21. The molecule has 1 heterocycles. The first kappa shape index (κ1) is 14.5. The summed E-state index contributed by atoms with van der Waals surface area (Å²) in [6.45, 7) is 2.61. The van der Waals surface area contributed by atoms with Crippen LogP contribution in [0.25, 0.3) is 0 Å². The second kappa shape index (κ2) is 6.48. The van der Waals surface area contributed by atoms with Crippen LogP contribution in [0.1, 0.15) is 11.3 Å². The molecule has 1 N–H and O–H groups in total. The molecule has 1 aromatic heterocycles. The Bertz CT molecular complexity index is 585. The molecule has 0 aliphatic rings. The molecule has 0 aliphatic heterocycles. The van der Waals surface area contributed by atoms with Crippen LogP contribution in [0.15, 0.2) is 30.5 Å². The van der Waals surface area contributed by atoms with Gasteiger partial charge in [0.25, 0.3) is 0 Å². The molecule has 1 aromatic carbocycles. The van der Waals surface area contributed by atoms with Gasteiger partial charge in [-0.2, -0.15) is 0 Å². The van der Waals surface area contributed by atoms with E-state index in [1.807, 2.05) is 31.3 Å². The van der Waals surface area contributed by atoms with Crippen LogP contribution in [0.3, 0.4) is 0 Å². The van der Waals surface area contributed by atoms with Gasteiger partial charge in [-0.3, -0.25) is 4.98 Å². The Labute approximate surface area is 123 Å². The number of nitrogens with one attached hydrogen (secondary N) is 1. The fourth-order valence-corrected chi connectivity index (χ4v) is 2.02. The van der Waals surface area contributed by atoms with Crippen molar-refractivity contribution < 1.29 is 9.47 Å². The van der Waals surface area contributed by atoms with Gasteiger partial charge in [0, 0.05) is 18.3 Å². The number of benzene rings is 1. The minimum absolute atomic E-state index is 0.517. The van der Waals surface area contributed by atoms with Crippen molar-refractivity contribution in [1.82, 2.24) is 4.98 Å². The highest BCUT2D eigenvalue weighted by atomic mass is 35.5. The summed E-state index contributed by atoms with van der Waals surface area (Å²) in [5, 5.41) is 3.79. The second-order valence-corrected chi connectivity index (χ2v) is 4.77. The normalized spacial score (nSPS) is 10.2. The van der Waals surface area contributed by atoms with Crippen molar-refractivity contribution >= 4 is 17.3 Å².